The summed E-state index contributed by atoms with van der Waals surface area (Å²) in [4.78, 5) is 0. The Balaban J connectivity index is 4.72. The van der Waals surface area contributed by atoms with Crippen LogP contribution in [0.3, 0.4) is 0 Å². The van der Waals surface area contributed by atoms with Crippen LogP contribution in [0, 0.1) is 28.1 Å². The average Bonchev–Trinajstić information content (AvgIpc) is 2.44. The molecule has 0 atom stereocenters. The van der Waals surface area contributed by atoms with E-state index in [2.05, 4.69) is 52.8 Å². The molecule has 0 fully saturated rings. The van der Waals surface area contributed by atoms with E-state index in [0.29, 0.717) is 0 Å². The Morgan fingerprint density at radius 1 is 1.00 bits per heavy atom. The summed E-state index contributed by atoms with van der Waals surface area (Å²) in [5, 5.41) is 17.7. The minimum absolute atomic E-state index is 0.00898. The molecule has 0 aliphatic carbocycles. The topological polar surface area (TPSA) is 47.6 Å². The van der Waals surface area contributed by atoms with Crippen LogP contribution in [0.25, 0.3) is 0 Å². The summed E-state index contributed by atoms with van der Waals surface area (Å²) in [5.74, 6) is 0. The first kappa shape index (κ1) is 19.9. The molecule has 0 heterocycles. The van der Waals surface area contributed by atoms with Gasteiger partial charge in [0.1, 0.15) is 17.7 Å². The van der Waals surface area contributed by atoms with Crippen molar-refractivity contribution in [3.63, 3.8) is 0 Å². The third-order valence-electron chi connectivity index (χ3n) is 3.47. The van der Waals surface area contributed by atoms with Crippen molar-refractivity contribution in [3.8, 4) is 12.1 Å². The summed E-state index contributed by atoms with van der Waals surface area (Å²) in [5.41, 5.74) is 3.68. The zero-order chi connectivity index (χ0) is 17.2. The Bertz CT molecular complexity index is 550. The SMILES string of the molecule is CC(C)=CCC/C(C)=C\CC(C)(C)/C=C/C(C)=C(C#N)C#N. The Morgan fingerprint density at radius 2 is 1.59 bits per heavy atom. The van der Waals surface area contributed by atoms with E-state index >= 15 is 0 Å². The highest BCUT2D eigenvalue weighted by atomic mass is 14.3. The summed E-state index contributed by atoms with van der Waals surface area (Å²) < 4.78 is 0. The number of nitriles is 2. The highest BCUT2D eigenvalue weighted by Gasteiger charge is 2.12. The van der Waals surface area contributed by atoms with Gasteiger partial charge in [0.2, 0.25) is 0 Å². The fraction of sp³-hybridized carbons (Fsp3) is 0.500. The lowest BCUT2D eigenvalue weighted by atomic mass is 9.87. The first-order valence-electron chi connectivity index (χ1n) is 7.71. The van der Waals surface area contributed by atoms with Gasteiger partial charge in [-0.25, -0.2) is 0 Å². The molecule has 0 saturated heterocycles. The van der Waals surface area contributed by atoms with Gasteiger partial charge in [-0.3, -0.25) is 0 Å². The maximum atomic E-state index is 8.84. The average molecular weight is 296 g/mol. The lowest BCUT2D eigenvalue weighted by Gasteiger charge is -2.18. The third-order valence-corrected chi connectivity index (χ3v) is 3.47. The normalized spacial score (nSPS) is 11.7. The number of rotatable bonds is 7. The largest absolute Gasteiger partial charge is 0.192 e. The first-order valence-corrected chi connectivity index (χ1v) is 7.71. The molecule has 0 amide bonds. The van der Waals surface area contributed by atoms with Crippen molar-refractivity contribution in [2.75, 3.05) is 0 Å². The van der Waals surface area contributed by atoms with Gasteiger partial charge in [-0.15, -0.1) is 0 Å². The molecule has 0 aliphatic rings. The zero-order valence-corrected chi connectivity index (χ0v) is 14.8. The molecule has 0 aromatic rings. The third kappa shape index (κ3) is 8.98. The lowest BCUT2D eigenvalue weighted by molar-refractivity contribution is 0.486. The van der Waals surface area contributed by atoms with Crippen molar-refractivity contribution >= 4 is 0 Å². The van der Waals surface area contributed by atoms with Crippen molar-refractivity contribution in [2.24, 2.45) is 5.41 Å². The van der Waals surface area contributed by atoms with Crippen LogP contribution in [-0.2, 0) is 0 Å². The smallest absolute Gasteiger partial charge is 0.132 e. The highest BCUT2D eigenvalue weighted by molar-refractivity contribution is 5.43. The molecule has 0 spiro atoms. The minimum Gasteiger partial charge on any atom is -0.192 e. The van der Waals surface area contributed by atoms with Crippen LogP contribution in [-0.4, -0.2) is 0 Å². The maximum Gasteiger partial charge on any atom is 0.132 e. The highest BCUT2D eigenvalue weighted by Crippen LogP contribution is 2.25. The molecule has 0 aromatic heterocycles. The molecule has 0 aromatic carbocycles. The summed E-state index contributed by atoms with van der Waals surface area (Å²) in [6.45, 7) is 12.5. The Labute approximate surface area is 136 Å². The lowest BCUT2D eigenvalue weighted by Crippen LogP contribution is -2.05. The van der Waals surface area contributed by atoms with Gasteiger partial charge in [0.15, 0.2) is 0 Å². The number of hydrogen-bond acceptors (Lipinski definition) is 2. The summed E-state index contributed by atoms with van der Waals surface area (Å²) in [7, 11) is 0. The van der Waals surface area contributed by atoms with Gasteiger partial charge in [0.05, 0.1) is 0 Å². The summed E-state index contributed by atoms with van der Waals surface area (Å²) in [6, 6.07) is 3.84. The maximum absolute atomic E-state index is 8.84. The number of hydrogen-bond donors (Lipinski definition) is 0. The van der Waals surface area contributed by atoms with E-state index in [1.807, 2.05) is 18.2 Å². The van der Waals surface area contributed by atoms with E-state index < -0.39 is 0 Å². The minimum atomic E-state index is 0.00898. The van der Waals surface area contributed by atoms with Crippen molar-refractivity contribution in [1.29, 1.82) is 10.5 Å². The van der Waals surface area contributed by atoms with Crippen molar-refractivity contribution < 1.29 is 0 Å². The zero-order valence-electron chi connectivity index (χ0n) is 14.8. The molecule has 0 N–H and O–H groups in total. The Hall–Kier alpha value is -2.06. The van der Waals surface area contributed by atoms with Gasteiger partial charge in [-0.2, -0.15) is 10.5 Å². The molecule has 0 bridgehead atoms. The van der Waals surface area contributed by atoms with E-state index in [4.69, 9.17) is 10.5 Å². The van der Waals surface area contributed by atoms with Crippen molar-refractivity contribution in [1.82, 2.24) is 0 Å². The van der Waals surface area contributed by atoms with E-state index in [1.165, 1.54) is 11.1 Å². The molecule has 0 unspecified atom stereocenters. The first-order chi connectivity index (χ1) is 10.2. The van der Waals surface area contributed by atoms with Crippen molar-refractivity contribution in [3.05, 3.63) is 46.6 Å². The van der Waals surface area contributed by atoms with Crippen LogP contribution in [0.15, 0.2) is 46.6 Å². The monoisotopic (exact) mass is 296 g/mol. The van der Waals surface area contributed by atoms with Crippen LogP contribution in [0.2, 0.25) is 0 Å². The number of nitrogens with zero attached hydrogens (tertiary/aromatic N) is 2. The molecule has 118 valence electrons. The predicted octanol–water partition coefficient (Wildman–Crippen LogP) is 6.02. The quantitative estimate of drug-likeness (QED) is 0.328. The molecule has 0 aliphatic heterocycles. The Kier molecular flexibility index (Phi) is 8.88. The van der Waals surface area contributed by atoms with Gasteiger partial charge < -0.3 is 0 Å². The molecule has 2 heteroatoms. The van der Waals surface area contributed by atoms with E-state index in [-0.39, 0.29) is 11.0 Å². The van der Waals surface area contributed by atoms with E-state index in [9.17, 15) is 0 Å². The second-order valence-corrected chi connectivity index (χ2v) is 6.68. The fourth-order valence-corrected chi connectivity index (χ4v) is 1.83. The standard InChI is InChI=1S/C20H28N2/c1-16(2)8-7-9-17(3)10-12-20(5,6)13-11-18(4)19(14-21)15-22/h8,10-11,13H,7,9,12H2,1-6H3/b13-11+,17-10-. The van der Waals surface area contributed by atoms with Gasteiger partial charge >= 0.3 is 0 Å². The summed E-state index contributed by atoms with van der Waals surface area (Å²) in [6.07, 6.45) is 11.7. The molecule has 2 nitrogen and oxygen atoms in total. The van der Waals surface area contributed by atoms with Crippen LogP contribution in [0.5, 0.6) is 0 Å². The molecular formula is C20H28N2. The van der Waals surface area contributed by atoms with Gasteiger partial charge in [0.25, 0.3) is 0 Å². The second-order valence-electron chi connectivity index (χ2n) is 6.68. The van der Waals surface area contributed by atoms with Crippen LogP contribution < -0.4 is 0 Å². The van der Waals surface area contributed by atoms with Crippen molar-refractivity contribution in [2.45, 2.75) is 60.8 Å². The van der Waals surface area contributed by atoms with Gasteiger partial charge in [-0.05, 0) is 57.9 Å². The Morgan fingerprint density at radius 3 is 2.09 bits per heavy atom. The second kappa shape index (κ2) is 9.80. The molecule has 0 radical (unpaired) electrons. The molecule has 0 rings (SSSR count). The molecule has 22 heavy (non-hydrogen) atoms. The molecular weight excluding hydrogens is 268 g/mol. The van der Waals surface area contributed by atoms with Crippen LogP contribution in [0.4, 0.5) is 0 Å². The van der Waals surface area contributed by atoms with Crippen LogP contribution in [0.1, 0.15) is 60.8 Å². The van der Waals surface area contributed by atoms with E-state index in [0.717, 1.165) is 24.8 Å². The molecule has 0 saturated carbocycles. The predicted molar refractivity (Wildman–Crippen MR) is 93.9 cm³/mol. The number of allylic oxidation sites excluding steroid dienone is 8. The van der Waals surface area contributed by atoms with Gasteiger partial charge in [0, 0.05) is 0 Å². The summed E-state index contributed by atoms with van der Waals surface area (Å²) >= 11 is 0. The van der Waals surface area contributed by atoms with Gasteiger partial charge in [-0.1, -0.05) is 49.3 Å². The van der Waals surface area contributed by atoms with E-state index in [1.54, 1.807) is 6.92 Å². The fourth-order valence-electron chi connectivity index (χ4n) is 1.83. The van der Waals surface area contributed by atoms with Crippen LogP contribution >= 0.6 is 0 Å².